The van der Waals surface area contributed by atoms with E-state index in [0.717, 1.165) is 0 Å². The van der Waals surface area contributed by atoms with Gasteiger partial charge in [-0.15, -0.1) is 0 Å². The molecule has 0 radical (unpaired) electrons. The number of nitrogens with two attached hydrogens (primary N) is 1. The summed E-state index contributed by atoms with van der Waals surface area (Å²) in [6, 6.07) is 2.73. The molecule has 0 spiro atoms. The molecule has 0 saturated heterocycles. The second-order valence-electron chi connectivity index (χ2n) is 3.16. The van der Waals surface area contributed by atoms with Crippen LogP contribution in [0.3, 0.4) is 0 Å². The molecule has 0 bridgehead atoms. The Hall–Kier alpha value is -0.375. The van der Waals surface area contributed by atoms with Crippen LogP contribution in [0.1, 0.15) is 11.7 Å². The molecular formula is C8H8BFINO3. The highest BCUT2D eigenvalue weighted by atomic mass is 127. The van der Waals surface area contributed by atoms with Crippen molar-refractivity contribution in [1.29, 1.82) is 0 Å². The summed E-state index contributed by atoms with van der Waals surface area (Å²) in [4.78, 5) is 0. The van der Waals surface area contributed by atoms with E-state index in [1.807, 2.05) is 0 Å². The summed E-state index contributed by atoms with van der Waals surface area (Å²) in [7, 11) is -1.17. The Morgan fingerprint density at radius 1 is 1.67 bits per heavy atom. The van der Waals surface area contributed by atoms with E-state index in [-0.39, 0.29) is 6.54 Å². The van der Waals surface area contributed by atoms with Gasteiger partial charge in [-0.3, -0.25) is 0 Å². The van der Waals surface area contributed by atoms with Gasteiger partial charge in [-0.1, -0.05) is 0 Å². The largest absolute Gasteiger partial charge is 0.496 e. The maximum Gasteiger partial charge on any atom is 0.496 e. The average molecular weight is 323 g/mol. The fourth-order valence-electron chi connectivity index (χ4n) is 1.70. The smallest absolute Gasteiger partial charge is 0.428 e. The van der Waals surface area contributed by atoms with E-state index in [9.17, 15) is 9.41 Å². The highest BCUT2D eigenvalue weighted by Gasteiger charge is 2.39. The molecule has 1 atom stereocenters. The summed E-state index contributed by atoms with van der Waals surface area (Å²) in [5.41, 5.74) is 6.05. The van der Waals surface area contributed by atoms with Gasteiger partial charge in [0, 0.05) is 17.6 Å². The molecule has 0 aliphatic carbocycles. The van der Waals surface area contributed by atoms with Gasteiger partial charge in [-0.25, -0.2) is 4.39 Å². The van der Waals surface area contributed by atoms with Crippen LogP contribution in [0.2, 0.25) is 0 Å². The maximum absolute atomic E-state index is 13.5. The topological polar surface area (TPSA) is 64.7 Å². The maximum atomic E-state index is 13.5. The lowest BCUT2D eigenvalue weighted by molar-refractivity contribution is 0.194. The predicted octanol–water partition coefficient (Wildman–Crippen LogP) is 0.272. The first-order valence-corrected chi connectivity index (χ1v) is 5.21. The fourth-order valence-corrected chi connectivity index (χ4v) is 2.09. The molecule has 1 aromatic carbocycles. The van der Waals surface area contributed by atoms with Gasteiger partial charge in [0.2, 0.25) is 0 Å². The van der Waals surface area contributed by atoms with Crippen molar-refractivity contribution in [2.75, 3.05) is 6.54 Å². The zero-order chi connectivity index (χ0) is 11.0. The highest BCUT2D eigenvalue weighted by Crippen LogP contribution is 2.29. The van der Waals surface area contributed by atoms with E-state index in [0.29, 0.717) is 16.8 Å². The molecule has 0 aromatic heterocycles. The standard InChI is InChI=1S/C8H8BFINO3/c10-4-1-2-5(15-11)8-7(4)6(3-12)14-9(8)13/h1-2,6,13H,3,12H2/t6-/m1/s1. The lowest BCUT2D eigenvalue weighted by Crippen LogP contribution is -2.29. The van der Waals surface area contributed by atoms with Gasteiger partial charge in [0.15, 0.2) is 23.0 Å². The van der Waals surface area contributed by atoms with Gasteiger partial charge < -0.3 is 18.5 Å². The Balaban J connectivity index is 2.59. The molecule has 0 amide bonds. The molecule has 4 nitrogen and oxygen atoms in total. The first kappa shape index (κ1) is 11.1. The van der Waals surface area contributed by atoms with Crippen molar-refractivity contribution in [3.05, 3.63) is 23.5 Å². The van der Waals surface area contributed by atoms with Gasteiger partial charge in [0.25, 0.3) is 0 Å². The Bertz CT molecular complexity index is 392. The summed E-state index contributed by atoms with van der Waals surface area (Å²) in [6.07, 6.45) is -0.610. The Kier molecular flexibility index (Phi) is 3.15. The molecule has 2 rings (SSSR count). The predicted molar refractivity (Wildman–Crippen MR) is 61.5 cm³/mol. The second kappa shape index (κ2) is 4.24. The molecule has 3 N–H and O–H groups in total. The molecule has 0 saturated carbocycles. The van der Waals surface area contributed by atoms with Crippen molar-refractivity contribution < 1.29 is 17.1 Å². The van der Waals surface area contributed by atoms with Crippen LogP contribution in [0.5, 0.6) is 5.75 Å². The summed E-state index contributed by atoms with van der Waals surface area (Å²) in [5.74, 6) is -0.0374. The number of fused-ring (bicyclic) bond motifs is 1. The van der Waals surface area contributed by atoms with Gasteiger partial charge in [0.05, 0.1) is 6.10 Å². The number of benzene rings is 1. The fraction of sp³-hybridized carbons (Fsp3) is 0.250. The van der Waals surface area contributed by atoms with Gasteiger partial charge in [0.1, 0.15) is 11.6 Å². The summed E-state index contributed by atoms with van der Waals surface area (Å²) < 4.78 is 23.6. The Morgan fingerprint density at radius 3 is 3.00 bits per heavy atom. The van der Waals surface area contributed by atoms with E-state index < -0.39 is 19.0 Å². The van der Waals surface area contributed by atoms with Crippen molar-refractivity contribution in [3.8, 4) is 5.75 Å². The highest BCUT2D eigenvalue weighted by molar-refractivity contribution is 14.1. The van der Waals surface area contributed by atoms with E-state index in [4.69, 9.17) is 13.5 Å². The zero-order valence-corrected chi connectivity index (χ0v) is 9.77. The van der Waals surface area contributed by atoms with Crippen LogP contribution in [0.25, 0.3) is 0 Å². The molecule has 1 heterocycles. The average Bonchev–Trinajstić information content (AvgIpc) is 2.58. The normalized spacial score (nSPS) is 19.2. The third-order valence-electron chi connectivity index (χ3n) is 2.35. The molecule has 7 heteroatoms. The van der Waals surface area contributed by atoms with Gasteiger partial charge >= 0.3 is 7.12 Å². The second-order valence-corrected chi connectivity index (χ2v) is 3.60. The van der Waals surface area contributed by atoms with Crippen LogP contribution in [0.4, 0.5) is 4.39 Å². The van der Waals surface area contributed by atoms with Crippen LogP contribution in [-0.2, 0) is 4.65 Å². The third kappa shape index (κ3) is 1.73. The van der Waals surface area contributed by atoms with E-state index in [1.165, 1.54) is 12.1 Å². The van der Waals surface area contributed by atoms with E-state index in [1.54, 1.807) is 23.0 Å². The minimum Gasteiger partial charge on any atom is -0.428 e. The van der Waals surface area contributed by atoms with Crippen molar-refractivity contribution in [2.24, 2.45) is 5.73 Å². The number of halogens is 2. The van der Waals surface area contributed by atoms with Crippen molar-refractivity contribution >= 4 is 35.6 Å². The van der Waals surface area contributed by atoms with Crippen molar-refractivity contribution in [1.82, 2.24) is 0 Å². The molecular weight excluding hydrogens is 315 g/mol. The number of rotatable bonds is 2. The molecule has 1 aliphatic heterocycles. The lowest BCUT2D eigenvalue weighted by Gasteiger charge is -2.09. The lowest BCUT2D eigenvalue weighted by atomic mass is 9.78. The zero-order valence-electron chi connectivity index (χ0n) is 7.61. The number of hydrogen-bond acceptors (Lipinski definition) is 4. The Labute approximate surface area is 100 Å². The van der Waals surface area contributed by atoms with Crippen molar-refractivity contribution in [2.45, 2.75) is 6.10 Å². The van der Waals surface area contributed by atoms with Crippen LogP contribution in [0, 0.1) is 5.82 Å². The van der Waals surface area contributed by atoms with Crippen LogP contribution in [0.15, 0.2) is 12.1 Å². The van der Waals surface area contributed by atoms with Crippen LogP contribution >= 0.6 is 23.0 Å². The first-order chi connectivity index (χ1) is 7.19. The Morgan fingerprint density at radius 2 is 2.40 bits per heavy atom. The molecule has 1 aliphatic rings. The van der Waals surface area contributed by atoms with Gasteiger partial charge in [-0.2, -0.15) is 0 Å². The van der Waals surface area contributed by atoms with E-state index >= 15 is 0 Å². The molecule has 0 fully saturated rings. The molecule has 0 unspecified atom stereocenters. The van der Waals surface area contributed by atoms with Crippen LogP contribution in [-0.4, -0.2) is 18.7 Å². The summed E-state index contributed by atoms with van der Waals surface area (Å²) >= 11 is 1.67. The SMILES string of the molecule is NC[C@H]1OB(O)c2c(OI)ccc(F)c21. The minimum absolute atomic E-state index is 0.117. The van der Waals surface area contributed by atoms with Gasteiger partial charge in [-0.05, 0) is 12.1 Å². The summed E-state index contributed by atoms with van der Waals surface area (Å²) in [6.45, 7) is 0.117. The minimum atomic E-state index is -1.17. The van der Waals surface area contributed by atoms with Crippen LogP contribution < -0.4 is 14.3 Å². The molecule has 80 valence electrons. The molecule has 1 aromatic rings. The van der Waals surface area contributed by atoms with Crippen molar-refractivity contribution in [3.63, 3.8) is 0 Å². The summed E-state index contributed by atoms with van der Waals surface area (Å²) in [5, 5.41) is 9.59. The first-order valence-electron chi connectivity index (χ1n) is 4.33. The molecule has 15 heavy (non-hydrogen) atoms. The van der Waals surface area contributed by atoms with E-state index in [2.05, 4.69) is 0 Å². The third-order valence-corrected chi connectivity index (χ3v) is 2.83. The monoisotopic (exact) mass is 323 g/mol. The number of hydrogen-bond donors (Lipinski definition) is 2. The quantitative estimate of drug-likeness (QED) is 0.606.